The maximum absolute atomic E-state index is 2.61. The Kier molecular flexibility index (Phi) is 7.28. The minimum absolute atomic E-state index is 0. The Hall–Kier alpha value is -1.57. The van der Waals surface area contributed by atoms with E-state index in [1.165, 1.54) is 30.5 Å². The van der Waals surface area contributed by atoms with Gasteiger partial charge < -0.3 is 0 Å². The van der Waals surface area contributed by atoms with E-state index in [9.17, 15) is 0 Å². The summed E-state index contributed by atoms with van der Waals surface area (Å²) in [6.45, 7) is 3.54. The number of hydrogen-bond acceptors (Lipinski definition) is 1. The molecule has 0 aliphatic heterocycles. The standard InChI is InChI=1S/C23H29N.ClH/c1-3-23(22-14-8-5-9-15-22,24(2)19-21-16-17-21)18-10-13-20-11-6-4-7-12-20;/h4-15,21H,3,16-19H2,1-2H3;1H. The Morgan fingerprint density at radius 2 is 1.60 bits per heavy atom. The summed E-state index contributed by atoms with van der Waals surface area (Å²) >= 11 is 0. The van der Waals surface area contributed by atoms with Gasteiger partial charge in [-0.25, -0.2) is 0 Å². The second-order valence-corrected chi connectivity index (χ2v) is 7.09. The minimum Gasteiger partial charge on any atom is -0.296 e. The molecule has 0 aromatic heterocycles. The molecule has 1 aliphatic carbocycles. The van der Waals surface area contributed by atoms with Gasteiger partial charge in [-0.15, -0.1) is 12.4 Å². The van der Waals surface area contributed by atoms with Crippen LogP contribution in [0.2, 0.25) is 0 Å². The van der Waals surface area contributed by atoms with Crippen LogP contribution >= 0.6 is 12.4 Å². The molecule has 25 heavy (non-hydrogen) atoms. The largest absolute Gasteiger partial charge is 0.296 e. The van der Waals surface area contributed by atoms with Crippen LogP contribution in [0.15, 0.2) is 66.7 Å². The van der Waals surface area contributed by atoms with Gasteiger partial charge in [-0.3, -0.25) is 4.90 Å². The Morgan fingerprint density at radius 3 is 2.16 bits per heavy atom. The van der Waals surface area contributed by atoms with Crippen molar-refractivity contribution in [2.45, 2.75) is 38.1 Å². The van der Waals surface area contributed by atoms with E-state index in [2.05, 4.69) is 91.7 Å². The van der Waals surface area contributed by atoms with Crippen molar-refractivity contribution < 1.29 is 0 Å². The van der Waals surface area contributed by atoms with E-state index in [1.807, 2.05) is 0 Å². The molecule has 1 aliphatic rings. The highest BCUT2D eigenvalue weighted by molar-refractivity contribution is 5.85. The van der Waals surface area contributed by atoms with Crippen LogP contribution in [0.3, 0.4) is 0 Å². The molecule has 134 valence electrons. The van der Waals surface area contributed by atoms with Crippen molar-refractivity contribution in [1.82, 2.24) is 4.90 Å². The molecule has 2 aromatic rings. The summed E-state index contributed by atoms with van der Waals surface area (Å²) in [6, 6.07) is 21.7. The summed E-state index contributed by atoms with van der Waals surface area (Å²) in [5.74, 6) is 0.905. The zero-order valence-corrected chi connectivity index (χ0v) is 16.2. The third-order valence-electron chi connectivity index (χ3n) is 5.42. The van der Waals surface area contributed by atoms with Crippen molar-refractivity contribution in [2.75, 3.05) is 13.6 Å². The van der Waals surface area contributed by atoms with E-state index < -0.39 is 0 Å². The van der Waals surface area contributed by atoms with Gasteiger partial charge in [-0.1, -0.05) is 79.7 Å². The zero-order valence-electron chi connectivity index (χ0n) is 15.4. The van der Waals surface area contributed by atoms with Crippen LogP contribution in [0, 0.1) is 5.92 Å². The lowest BCUT2D eigenvalue weighted by Crippen LogP contribution is -2.44. The van der Waals surface area contributed by atoms with Crippen LogP contribution in [0.5, 0.6) is 0 Å². The molecule has 0 radical (unpaired) electrons. The smallest absolute Gasteiger partial charge is 0.0489 e. The summed E-state index contributed by atoms with van der Waals surface area (Å²) in [4.78, 5) is 2.61. The number of benzene rings is 2. The predicted octanol–water partition coefficient (Wildman–Crippen LogP) is 6.16. The molecule has 0 N–H and O–H groups in total. The summed E-state index contributed by atoms with van der Waals surface area (Å²) in [5.41, 5.74) is 2.81. The first-order valence-electron chi connectivity index (χ1n) is 9.23. The molecule has 0 heterocycles. The van der Waals surface area contributed by atoms with Crippen molar-refractivity contribution >= 4 is 18.5 Å². The van der Waals surface area contributed by atoms with E-state index in [-0.39, 0.29) is 17.9 Å². The van der Waals surface area contributed by atoms with Crippen LogP contribution in [0.25, 0.3) is 6.08 Å². The lowest BCUT2D eigenvalue weighted by Gasteiger charge is -2.42. The first-order chi connectivity index (χ1) is 11.7. The molecule has 0 saturated heterocycles. The number of halogens is 1. The molecule has 0 spiro atoms. The van der Waals surface area contributed by atoms with Crippen molar-refractivity contribution in [3.63, 3.8) is 0 Å². The monoisotopic (exact) mass is 355 g/mol. The van der Waals surface area contributed by atoms with Gasteiger partial charge in [0.25, 0.3) is 0 Å². The molecule has 0 amide bonds. The normalized spacial score (nSPS) is 16.6. The quantitative estimate of drug-likeness (QED) is 0.548. The second kappa shape index (κ2) is 9.22. The first-order valence-corrected chi connectivity index (χ1v) is 9.23. The molecule has 1 nitrogen and oxygen atoms in total. The fourth-order valence-corrected chi connectivity index (χ4v) is 3.68. The number of nitrogens with zero attached hydrogens (tertiary/aromatic N) is 1. The van der Waals surface area contributed by atoms with E-state index >= 15 is 0 Å². The molecular formula is C23H30ClN. The molecule has 0 bridgehead atoms. The predicted molar refractivity (Wildman–Crippen MR) is 111 cm³/mol. The number of hydrogen-bond donors (Lipinski definition) is 0. The zero-order chi connectivity index (χ0) is 16.8. The molecule has 1 unspecified atom stereocenters. The van der Waals surface area contributed by atoms with Crippen LogP contribution in [-0.4, -0.2) is 18.5 Å². The summed E-state index contributed by atoms with van der Waals surface area (Å²) in [7, 11) is 2.31. The van der Waals surface area contributed by atoms with E-state index in [0.29, 0.717) is 0 Å². The average molecular weight is 356 g/mol. The topological polar surface area (TPSA) is 3.24 Å². The Balaban J connectivity index is 0.00000225. The van der Waals surface area contributed by atoms with Gasteiger partial charge in [0.2, 0.25) is 0 Å². The Bertz CT molecular complexity index is 648. The molecule has 1 saturated carbocycles. The SMILES string of the molecule is CCC(CC=Cc1ccccc1)(c1ccccc1)N(C)CC1CC1.Cl. The van der Waals surface area contributed by atoms with Gasteiger partial charge in [0.05, 0.1) is 0 Å². The highest BCUT2D eigenvalue weighted by Gasteiger charge is 2.36. The molecule has 3 rings (SSSR count). The lowest BCUT2D eigenvalue weighted by molar-refractivity contribution is 0.108. The van der Waals surface area contributed by atoms with Gasteiger partial charge >= 0.3 is 0 Å². The van der Waals surface area contributed by atoms with Gasteiger partial charge in [-0.2, -0.15) is 0 Å². The van der Waals surface area contributed by atoms with Crippen LogP contribution < -0.4 is 0 Å². The molecule has 1 atom stereocenters. The van der Waals surface area contributed by atoms with Gasteiger partial charge in [0, 0.05) is 12.1 Å². The third kappa shape index (κ3) is 4.96. The Labute approximate surface area is 159 Å². The summed E-state index contributed by atoms with van der Waals surface area (Å²) < 4.78 is 0. The maximum atomic E-state index is 2.61. The van der Waals surface area contributed by atoms with E-state index in [4.69, 9.17) is 0 Å². The fraction of sp³-hybridized carbons (Fsp3) is 0.391. The summed E-state index contributed by atoms with van der Waals surface area (Å²) in [6.07, 6.45) is 9.59. The van der Waals surface area contributed by atoms with Gasteiger partial charge in [0.15, 0.2) is 0 Å². The van der Waals surface area contributed by atoms with Crippen LogP contribution in [0.1, 0.15) is 43.7 Å². The fourth-order valence-electron chi connectivity index (χ4n) is 3.68. The average Bonchev–Trinajstić information content (AvgIpc) is 3.44. The molecular weight excluding hydrogens is 326 g/mol. The van der Waals surface area contributed by atoms with Gasteiger partial charge in [0.1, 0.15) is 0 Å². The summed E-state index contributed by atoms with van der Waals surface area (Å²) in [5, 5.41) is 0. The van der Waals surface area contributed by atoms with Crippen molar-refractivity contribution in [1.29, 1.82) is 0 Å². The first kappa shape index (κ1) is 19.8. The Morgan fingerprint density at radius 1 is 1.00 bits per heavy atom. The molecule has 2 heteroatoms. The van der Waals surface area contributed by atoms with Gasteiger partial charge in [-0.05, 0) is 49.8 Å². The van der Waals surface area contributed by atoms with Crippen molar-refractivity contribution in [3.05, 3.63) is 77.9 Å². The minimum atomic E-state index is 0. The van der Waals surface area contributed by atoms with Crippen LogP contribution in [0.4, 0.5) is 0 Å². The van der Waals surface area contributed by atoms with E-state index in [0.717, 1.165) is 18.8 Å². The molecule has 1 fully saturated rings. The maximum Gasteiger partial charge on any atom is 0.0489 e. The van der Waals surface area contributed by atoms with Crippen molar-refractivity contribution in [2.24, 2.45) is 5.92 Å². The second-order valence-electron chi connectivity index (χ2n) is 7.09. The highest BCUT2D eigenvalue weighted by Crippen LogP contribution is 2.39. The van der Waals surface area contributed by atoms with E-state index in [1.54, 1.807) is 0 Å². The lowest BCUT2D eigenvalue weighted by atomic mass is 9.82. The molecule has 2 aromatic carbocycles. The third-order valence-corrected chi connectivity index (χ3v) is 5.42. The highest BCUT2D eigenvalue weighted by atomic mass is 35.5. The number of rotatable bonds is 8. The van der Waals surface area contributed by atoms with Crippen LogP contribution in [-0.2, 0) is 5.54 Å². The van der Waals surface area contributed by atoms with Crippen molar-refractivity contribution in [3.8, 4) is 0 Å².